The van der Waals surface area contributed by atoms with Crippen LogP contribution in [0.15, 0.2) is 41.3 Å². The first-order valence-electron chi connectivity index (χ1n) is 8.70. The Morgan fingerprint density at radius 1 is 1.04 bits per heavy atom. The Bertz CT molecular complexity index is 1000. The van der Waals surface area contributed by atoms with Gasteiger partial charge in [0, 0.05) is 24.0 Å². The monoisotopic (exact) mass is 460 g/mol. The van der Waals surface area contributed by atoms with E-state index in [0.29, 0.717) is 28.6 Å². The van der Waals surface area contributed by atoms with Crippen molar-refractivity contribution < 1.29 is 13.2 Å². The molecule has 1 N–H and O–H groups in total. The van der Waals surface area contributed by atoms with E-state index < -0.39 is 10.0 Å². The fourth-order valence-electron chi connectivity index (χ4n) is 3.13. The van der Waals surface area contributed by atoms with E-state index in [9.17, 15) is 13.2 Å². The van der Waals surface area contributed by atoms with Gasteiger partial charge in [-0.25, -0.2) is 8.42 Å². The number of rotatable bonds is 4. The van der Waals surface area contributed by atoms with Crippen LogP contribution in [0, 0.1) is 12.8 Å². The highest BCUT2D eigenvalue weighted by molar-refractivity contribution is 7.89. The summed E-state index contributed by atoms with van der Waals surface area (Å²) in [5.41, 5.74) is 1.55. The van der Waals surface area contributed by atoms with Gasteiger partial charge in [0.25, 0.3) is 0 Å². The zero-order valence-electron chi connectivity index (χ0n) is 15.1. The van der Waals surface area contributed by atoms with Gasteiger partial charge in [-0.2, -0.15) is 4.31 Å². The predicted octanol–water partition coefficient (Wildman–Crippen LogP) is 4.99. The van der Waals surface area contributed by atoms with Gasteiger partial charge in [-0.1, -0.05) is 40.9 Å². The molecule has 150 valence electrons. The number of halogens is 3. The minimum absolute atomic E-state index is 0.0176. The van der Waals surface area contributed by atoms with E-state index in [2.05, 4.69) is 5.32 Å². The number of piperidine rings is 1. The van der Waals surface area contributed by atoms with Crippen LogP contribution in [-0.4, -0.2) is 31.7 Å². The number of anilines is 1. The maximum Gasteiger partial charge on any atom is 0.244 e. The third-order valence-electron chi connectivity index (χ3n) is 4.72. The van der Waals surface area contributed by atoms with Crippen molar-refractivity contribution in [2.75, 3.05) is 18.4 Å². The van der Waals surface area contributed by atoms with Gasteiger partial charge in [0.2, 0.25) is 15.9 Å². The van der Waals surface area contributed by atoms with E-state index in [1.165, 1.54) is 22.5 Å². The van der Waals surface area contributed by atoms with Crippen LogP contribution in [0.2, 0.25) is 15.1 Å². The SMILES string of the molecule is Cc1ccc(NC(=O)C2CCN(S(=O)(=O)c3cc(Cl)ccc3Cl)CC2)c(Cl)c1. The molecule has 0 saturated carbocycles. The van der Waals surface area contributed by atoms with Crippen LogP contribution in [0.5, 0.6) is 0 Å². The number of amides is 1. The van der Waals surface area contributed by atoms with Crippen molar-refractivity contribution in [2.45, 2.75) is 24.7 Å². The molecule has 2 aromatic rings. The largest absolute Gasteiger partial charge is 0.325 e. The van der Waals surface area contributed by atoms with Crippen molar-refractivity contribution in [3.05, 3.63) is 57.0 Å². The van der Waals surface area contributed by atoms with Crippen LogP contribution in [0.3, 0.4) is 0 Å². The Morgan fingerprint density at radius 2 is 1.71 bits per heavy atom. The average Bonchev–Trinajstić information content (AvgIpc) is 2.66. The highest BCUT2D eigenvalue weighted by Crippen LogP contribution is 2.31. The lowest BCUT2D eigenvalue weighted by Crippen LogP contribution is -2.41. The van der Waals surface area contributed by atoms with Crippen LogP contribution in [0.25, 0.3) is 0 Å². The molecule has 0 aromatic heterocycles. The molecule has 3 rings (SSSR count). The highest BCUT2D eigenvalue weighted by Gasteiger charge is 2.33. The summed E-state index contributed by atoms with van der Waals surface area (Å²) in [5.74, 6) is -0.456. The molecule has 1 fully saturated rings. The number of carbonyl (C=O) groups excluding carboxylic acids is 1. The number of nitrogens with zero attached hydrogens (tertiary/aromatic N) is 1. The van der Waals surface area contributed by atoms with Crippen molar-refractivity contribution in [2.24, 2.45) is 5.92 Å². The molecular weight excluding hydrogens is 443 g/mol. The Hall–Kier alpha value is -1.31. The van der Waals surface area contributed by atoms with Gasteiger partial charge in [0.1, 0.15) is 4.90 Å². The second-order valence-corrected chi connectivity index (χ2v) is 9.88. The minimum Gasteiger partial charge on any atom is -0.325 e. The number of carbonyl (C=O) groups is 1. The molecule has 0 radical (unpaired) electrons. The molecule has 0 spiro atoms. The van der Waals surface area contributed by atoms with Gasteiger partial charge < -0.3 is 5.32 Å². The molecular formula is C19H19Cl3N2O3S. The molecule has 0 aliphatic carbocycles. The Morgan fingerprint density at radius 3 is 2.36 bits per heavy atom. The van der Waals surface area contributed by atoms with Gasteiger partial charge in [-0.3, -0.25) is 4.79 Å². The zero-order chi connectivity index (χ0) is 20.5. The first kappa shape index (κ1) is 21.4. The smallest absolute Gasteiger partial charge is 0.244 e. The molecule has 2 aromatic carbocycles. The third kappa shape index (κ3) is 4.63. The Labute approximate surface area is 179 Å². The zero-order valence-corrected chi connectivity index (χ0v) is 18.2. The van der Waals surface area contributed by atoms with E-state index in [4.69, 9.17) is 34.8 Å². The van der Waals surface area contributed by atoms with Crippen LogP contribution in [-0.2, 0) is 14.8 Å². The van der Waals surface area contributed by atoms with E-state index in [1.807, 2.05) is 13.0 Å². The van der Waals surface area contributed by atoms with Crippen molar-refractivity contribution in [1.29, 1.82) is 0 Å². The molecule has 0 bridgehead atoms. The maximum atomic E-state index is 12.9. The lowest BCUT2D eigenvalue weighted by molar-refractivity contribution is -0.120. The van der Waals surface area contributed by atoms with Crippen molar-refractivity contribution >= 4 is 56.4 Å². The molecule has 0 atom stereocenters. The average molecular weight is 462 g/mol. The summed E-state index contributed by atoms with van der Waals surface area (Å²) >= 11 is 18.1. The summed E-state index contributed by atoms with van der Waals surface area (Å²) in [5, 5.41) is 3.73. The molecule has 9 heteroatoms. The minimum atomic E-state index is -3.77. The van der Waals surface area contributed by atoms with E-state index in [1.54, 1.807) is 12.1 Å². The number of sulfonamides is 1. The summed E-state index contributed by atoms with van der Waals surface area (Å²) in [6.45, 7) is 2.37. The molecule has 28 heavy (non-hydrogen) atoms. The molecule has 1 aliphatic rings. The highest BCUT2D eigenvalue weighted by atomic mass is 35.5. The standard InChI is InChI=1S/C19H19Cl3N2O3S/c1-12-2-5-17(16(22)10-12)23-19(25)13-6-8-24(9-7-13)28(26,27)18-11-14(20)3-4-15(18)21/h2-5,10-11,13H,6-9H2,1H3,(H,23,25). The molecule has 1 amide bonds. The molecule has 1 aliphatic heterocycles. The van der Waals surface area contributed by atoms with Crippen LogP contribution in [0.4, 0.5) is 5.69 Å². The second kappa shape index (κ2) is 8.59. The quantitative estimate of drug-likeness (QED) is 0.697. The van der Waals surface area contributed by atoms with E-state index in [-0.39, 0.29) is 34.8 Å². The van der Waals surface area contributed by atoms with Gasteiger partial charge in [0.05, 0.1) is 15.7 Å². The lowest BCUT2D eigenvalue weighted by atomic mass is 9.97. The second-order valence-electron chi connectivity index (χ2n) is 6.73. The number of nitrogens with one attached hydrogen (secondary N) is 1. The molecule has 5 nitrogen and oxygen atoms in total. The van der Waals surface area contributed by atoms with Crippen molar-refractivity contribution in [1.82, 2.24) is 4.31 Å². The molecule has 0 unspecified atom stereocenters. The number of hydrogen-bond acceptors (Lipinski definition) is 3. The fourth-order valence-corrected chi connectivity index (χ4v) is 5.62. The first-order chi connectivity index (χ1) is 13.2. The summed E-state index contributed by atoms with van der Waals surface area (Å²) in [6, 6.07) is 9.75. The molecule has 1 saturated heterocycles. The topological polar surface area (TPSA) is 66.5 Å². The normalized spacial score (nSPS) is 16.1. The predicted molar refractivity (Wildman–Crippen MR) is 113 cm³/mol. The van der Waals surface area contributed by atoms with E-state index >= 15 is 0 Å². The van der Waals surface area contributed by atoms with Crippen molar-refractivity contribution in [3.63, 3.8) is 0 Å². The summed E-state index contributed by atoms with van der Waals surface area (Å²) < 4.78 is 27.1. The number of benzene rings is 2. The number of hydrogen-bond donors (Lipinski definition) is 1. The van der Waals surface area contributed by atoms with Crippen molar-refractivity contribution in [3.8, 4) is 0 Å². The third-order valence-corrected chi connectivity index (χ3v) is 7.65. The number of aryl methyl sites for hydroxylation is 1. The molecule has 1 heterocycles. The summed E-state index contributed by atoms with van der Waals surface area (Å²) in [6.07, 6.45) is 0.819. The maximum absolute atomic E-state index is 12.9. The Balaban J connectivity index is 1.66. The van der Waals surface area contributed by atoms with Gasteiger partial charge in [-0.15, -0.1) is 0 Å². The first-order valence-corrected chi connectivity index (χ1v) is 11.3. The Kier molecular flexibility index (Phi) is 6.57. The summed E-state index contributed by atoms with van der Waals surface area (Å²) in [7, 11) is -3.77. The van der Waals surface area contributed by atoms with E-state index in [0.717, 1.165) is 5.56 Å². The summed E-state index contributed by atoms with van der Waals surface area (Å²) in [4.78, 5) is 12.5. The lowest BCUT2D eigenvalue weighted by Gasteiger charge is -2.30. The van der Waals surface area contributed by atoms with Crippen LogP contribution < -0.4 is 5.32 Å². The van der Waals surface area contributed by atoms with Crippen LogP contribution in [0.1, 0.15) is 18.4 Å². The van der Waals surface area contributed by atoms with Gasteiger partial charge in [0.15, 0.2) is 0 Å². The van der Waals surface area contributed by atoms with Gasteiger partial charge in [-0.05, 0) is 55.7 Å². The van der Waals surface area contributed by atoms with Gasteiger partial charge >= 0.3 is 0 Å². The van der Waals surface area contributed by atoms with Crippen LogP contribution >= 0.6 is 34.8 Å². The fraction of sp³-hybridized carbons (Fsp3) is 0.316.